The zero-order chi connectivity index (χ0) is 24.8. The summed E-state index contributed by atoms with van der Waals surface area (Å²) in [7, 11) is 0. The Morgan fingerprint density at radius 1 is 1.15 bits per heavy atom. The molecule has 0 aliphatic carbocycles. The summed E-state index contributed by atoms with van der Waals surface area (Å²) < 4.78 is 7.09. The molecule has 0 aliphatic heterocycles. The first-order valence-electron chi connectivity index (χ1n) is 9.82. The van der Waals surface area contributed by atoms with Gasteiger partial charge in [-0.05, 0) is 97.9 Å². The normalized spacial score (nSPS) is 11.0. The van der Waals surface area contributed by atoms with Crippen LogP contribution in [0.25, 0.3) is 6.08 Å². The van der Waals surface area contributed by atoms with E-state index in [0.29, 0.717) is 36.5 Å². The van der Waals surface area contributed by atoms with Crippen molar-refractivity contribution in [2.24, 2.45) is 0 Å². The Morgan fingerprint density at radius 2 is 1.79 bits per heavy atom. The van der Waals surface area contributed by atoms with Crippen LogP contribution in [0.2, 0.25) is 5.02 Å². The molecule has 3 rings (SSSR count). The molecule has 172 valence electrons. The molecule has 2 N–H and O–H groups in total. The number of carbonyl (C=O) groups is 2. The largest absolute Gasteiger partial charge is 0.487 e. The van der Waals surface area contributed by atoms with Crippen LogP contribution in [0, 0.1) is 18.3 Å². The van der Waals surface area contributed by atoms with E-state index in [1.54, 1.807) is 49.4 Å². The van der Waals surface area contributed by atoms with Gasteiger partial charge in [-0.3, -0.25) is 4.79 Å². The maximum Gasteiger partial charge on any atom is 0.335 e. The Balaban J connectivity index is 1.76. The van der Waals surface area contributed by atoms with Gasteiger partial charge < -0.3 is 15.2 Å². The van der Waals surface area contributed by atoms with Crippen molar-refractivity contribution in [3.8, 4) is 11.8 Å². The third kappa shape index (κ3) is 6.26. The lowest BCUT2D eigenvalue weighted by molar-refractivity contribution is -0.112. The monoisotopic (exact) mass is 602 g/mol. The summed E-state index contributed by atoms with van der Waals surface area (Å²) in [5.41, 5.74) is 2.76. The number of anilines is 1. The SMILES string of the molecule is Cc1c(Cl)cccc1NC(=O)/C(C#N)=C\c1cc(Br)c(OCc2ccc(C(=O)O)cc2)c(Br)c1. The second kappa shape index (κ2) is 11.3. The topological polar surface area (TPSA) is 99.4 Å². The summed E-state index contributed by atoms with van der Waals surface area (Å²) in [5, 5.41) is 21.8. The average Bonchev–Trinajstić information content (AvgIpc) is 2.80. The van der Waals surface area contributed by atoms with Gasteiger partial charge in [0.15, 0.2) is 0 Å². The van der Waals surface area contributed by atoms with Crippen LogP contribution < -0.4 is 10.1 Å². The van der Waals surface area contributed by atoms with Crippen molar-refractivity contribution in [3.63, 3.8) is 0 Å². The van der Waals surface area contributed by atoms with Crippen molar-refractivity contribution >= 4 is 67.1 Å². The number of hydrogen-bond acceptors (Lipinski definition) is 4. The molecule has 0 heterocycles. The quantitative estimate of drug-likeness (QED) is 0.224. The van der Waals surface area contributed by atoms with Crippen molar-refractivity contribution in [3.05, 3.63) is 96.4 Å². The van der Waals surface area contributed by atoms with E-state index in [2.05, 4.69) is 37.2 Å². The number of hydrogen-bond donors (Lipinski definition) is 2. The van der Waals surface area contributed by atoms with Crippen LogP contribution in [0.5, 0.6) is 5.75 Å². The standard InChI is InChI=1S/C25H17Br2ClN2O4/c1-14-21(28)3-2-4-22(14)30-24(31)18(12-29)9-16-10-19(26)23(20(27)11-16)34-13-15-5-7-17(8-6-15)25(32)33/h2-11H,13H2,1H3,(H,30,31)(H,32,33)/b18-9-. The first-order chi connectivity index (χ1) is 16.2. The molecule has 0 aromatic heterocycles. The molecule has 3 aromatic rings. The molecule has 0 fully saturated rings. The Bertz CT molecular complexity index is 1310. The third-order valence-corrected chi connectivity index (χ3v) is 6.38. The fraction of sp³-hybridized carbons (Fsp3) is 0.0800. The number of halogens is 3. The lowest BCUT2D eigenvalue weighted by Gasteiger charge is -2.12. The average molecular weight is 605 g/mol. The summed E-state index contributed by atoms with van der Waals surface area (Å²) in [6.07, 6.45) is 1.47. The minimum absolute atomic E-state index is 0.0784. The molecule has 0 unspecified atom stereocenters. The Kier molecular flexibility index (Phi) is 8.51. The number of nitrogens with one attached hydrogen (secondary N) is 1. The van der Waals surface area contributed by atoms with Gasteiger partial charge in [0.1, 0.15) is 24.0 Å². The van der Waals surface area contributed by atoms with Gasteiger partial charge in [0.2, 0.25) is 0 Å². The Hall–Kier alpha value is -3.12. The maximum atomic E-state index is 12.6. The molecule has 6 nitrogen and oxygen atoms in total. The molecule has 0 bridgehead atoms. The zero-order valence-electron chi connectivity index (χ0n) is 17.7. The molecule has 9 heteroatoms. The van der Waals surface area contributed by atoms with Gasteiger partial charge in [0, 0.05) is 10.7 Å². The van der Waals surface area contributed by atoms with Crippen LogP contribution in [-0.4, -0.2) is 17.0 Å². The minimum atomic E-state index is -0.991. The van der Waals surface area contributed by atoms with E-state index in [1.807, 2.05) is 6.07 Å². The van der Waals surface area contributed by atoms with Crippen LogP contribution in [0.3, 0.4) is 0 Å². The number of nitrogens with zero attached hydrogens (tertiary/aromatic N) is 1. The maximum absolute atomic E-state index is 12.6. The van der Waals surface area contributed by atoms with Gasteiger partial charge in [-0.15, -0.1) is 0 Å². The van der Waals surface area contributed by atoms with Gasteiger partial charge in [-0.2, -0.15) is 5.26 Å². The van der Waals surface area contributed by atoms with Crippen molar-refractivity contribution < 1.29 is 19.4 Å². The van der Waals surface area contributed by atoms with Gasteiger partial charge in [-0.25, -0.2) is 4.79 Å². The van der Waals surface area contributed by atoms with E-state index in [-0.39, 0.29) is 17.7 Å². The Morgan fingerprint density at radius 3 is 2.38 bits per heavy atom. The number of aromatic carboxylic acids is 1. The number of carboxylic acids is 1. The number of carboxylic acid groups (broad SMARTS) is 1. The highest BCUT2D eigenvalue weighted by molar-refractivity contribution is 9.11. The molecule has 3 aromatic carbocycles. The molecule has 34 heavy (non-hydrogen) atoms. The molecule has 1 amide bonds. The van der Waals surface area contributed by atoms with E-state index in [0.717, 1.165) is 5.56 Å². The van der Waals surface area contributed by atoms with Crippen LogP contribution in [-0.2, 0) is 11.4 Å². The highest BCUT2D eigenvalue weighted by atomic mass is 79.9. The predicted molar refractivity (Wildman–Crippen MR) is 138 cm³/mol. The molecule has 0 spiro atoms. The molecule has 0 saturated heterocycles. The number of ether oxygens (including phenoxy) is 1. The minimum Gasteiger partial charge on any atom is -0.487 e. The van der Waals surface area contributed by atoms with Crippen LogP contribution in [0.4, 0.5) is 5.69 Å². The van der Waals surface area contributed by atoms with Crippen molar-refractivity contribution in [2.45, 2.75) is 13.5 Å². The van der Waals surface area contributed by atoms with Crippen molar-refractivity contribution in [2.75, 3.05) is 5.32 Å². The molecular weight excluding hydrogens is 588 g/mol. The Labute approximate surface area is 218 Å². The molecule has 0 aliphatic rings. The number of carbonyl (C=O) groups excluding carboxylic acids is 1. The summed E-state index contributed by atoms with van der Waals surface area (Å²) in [4.78, 5) is 23.6. The second-order valence-corrected chi connectivity index (χ2v) is 9.26. The fourth-order valence-corrected chi connectivity index (χ4v) is 4.57. The van der Waals surface area contributed by atoms with E-state index in [1.165, 1.54) is 18.2 Å². The lowest BCUT2D eigenvalue weighted by Crippen LogP contribution is -2.14. The van der Waals surface area contributed by atoms with Crippen LogP contribution in [0.1, 0.15) is 27.0 Å². The highest BCUT2D eigenvalue weighted by Crippen LogP contribution is 2.36. The molecule has 0 atom stereocenters. The molecule has 0 saturated carbocycles. The zero-order valence-corrected chi connectivity index (χ0v) is 21.7. The highest BCUT2D eigenvalue weighted by Gasteiger charge is 2.14. The number of benzene rings is 3. The summed E-state index contributed by atoms with van der Waals surface area (Å²) >= 11 is 13.0. The summed E-state index contributed by atoms with van der Waals surface area (Å²) in [5.74, 6) is -1.02. The first-order valence-corrected chi connectivity index (χ1v) is 11.8. The smallest absolute Gasteiger partial charge is 0.335 e. The van der Waals surface area contributed by atoms with E-state index < -0.39 is 11.9 Å². The first kappa shape index (κ1) is 25.5. The predicted octanol–water partition coefficient (Wildman–Crippen LogP) is 7.00. The van der Waals surface area contributed by atoms with Gasteiger partial charge in [0.25, 0.3) is 5.91 Å². The summed E-state index contributed by atoms with van der Waals surface area (Å²) in [6.45, 7) is 2.00. The number of rotatable bonds is 7. The number of nitriles is 1. The second-order valence-electron chi connectivity index (χ2n) is 7.14. The fourth-order valence-electron chi connectivity index (χ4n) is 2.95. The number of amides is 1. The van der Waals surface area contributed by atoms with Gasteiger partial charge in [0.05, 0.1) is 14.5 Å². The van der Waals surface area contributed by atoms with E-state index >= 15 is 0 Å². The third-order valence-electron chi connectivity index (χ3n) is 4.80. The van der Waals surface area contributed by atoms with Crippen molar-refractivity contribution in [1.29, 1.82) is 5.26 Å². The lowest BCUT2D eigenvalue weighted by atomic mass is 10.1. The van der Waals surface area contributed by atoms with Crippen LogP contribution >= 0.6 is 43.5 Å². The van der Waals surface area contributed by atoms with E-state index in [9.17, 15) is 14.9 Å². The van der Waals surface area contributed by atoms with Gasteiger partial charge in [-0.1, -0.05) is 29.8 Å². The summed E-state index contributed by atoms with van der Waals surface area (Å²) in [6, 6.07) is 16.9. The van der Waals surface area contributed by atoms with E-state index in [4.69, 9.17) is 21.4 Å². The van der Waals surface area contributed by atoms with Crippen molar-refractivity contribution in [1.82, 2.24) is 0 Å². The molecule has 0 radical (unpaired) electrons. The van der Waals surface area contributed by atoms with Gasteiger partial charge >= 0.3 is 5.97 Å². The van der Waals surface area contributed by atoms with Crippen LogP contribution in [0.15, 0.2) is 69.1 Å². The molecular formula is C25H17Br2ClN2O4.